The number of amides is 1. The van der Waals surface area contributed by atoms with Crippen molar-refractivity contribution >= 4 is 29.2 Å². The first kappa shape index (κ1) is 22.4. The largest absolute Gasteiger partial charge is 0.493 e. The summed E-state index contributed by atoms with van der Waals surface area (Å²) in [5.74, 6) is 0.134. The highest BCUT2D eigenvalue weighted by molar-refractivity contribution is 6.32. The van der Waals surface area contributed by atoms with Gasteiger partial charge in [0.15, 0.2) is 17.6 Å². The van der Waals surface area contributed by atoms with Crippen LogP contribution in [-0.2, 0) is 9.53 Å². The standard InChI is InChI=1S/C21H24ClNO6/c1-11-7-14(8-12(2)19(11)22)29-13(3)20(24)23-16-10-18(27-5)17(26-4)9-15(16)21(25)28-6/h7-10,13H,1-6H3,(H,23,24)/t13-/m0/s1. The molecule has 7 nitrogen and oxygen atoms in total. The van der Waals surface area contributed by atoms with Crippen molar-refractivity contribution in [2.75, 3.05) is 26.6 Å². The van der Waals surface area contributed by atoms with Crippen LogP contribution in [0.15, 0.2) is 24.3 Å². The Balaban J connectivity index is 2.27. The van der Waals surface area contributed by atoms with Crippen LogP contribution in [0.1, 0.15) is 28.4 Å². The van der Waals surface area contributed by atoms with E-state index in [1.807, 2.05) is 13.8 Å². The van der Waals surface area contributed by atoms with Crippen LogP contribution in [0.2, 0.25) is 5.02 Å². The van der Waals surface area contributed by atoms with Crippen molar-refractivity contribution < 1.29 is 28.5 Å². The third-order valence-corrected chi connectivity index (χ3v) is 4.88. The van der Waals surface area contributed by atoms with Gasteiger partial charge in [-0.15, -0.1) is 0 Å². The van der Waals surface area contributed by atoms with Crippen molar-refractivity contribution in [3.8, 4) is 17.2 Å². The van der Waals surface area contributed by atoms with E-state index in [4.69, 9.17) is 30.5 Å². The number of methoxy groups -OCH3 is 3. The Kier molecular flexibility index (Phi) is 7.34. The first-order chi connectivity index (χ1) is 13.7. The van der Waals surface area contributed by atoms with E-state index in [1.165, 1.54) is 33.5 Å². The highest BCUT2D eigenvalue weighted by atomic mass is 35.5. The first-order valence-corrected chi connectivity index (χ1v) is 9.18. The fraction of sp³-hybridized carbons (Fsp3) is 0.333. The quantitative estimate of drug-likeness (QED) is 0.675. The van der Waals surface area contributed by atoms with Gasteiger partial charge in [0.05, 0.1) is 32.6 Å². The Morgan fingerprint density at radius 1 is 0.966 bits per heavy atom. The number of ether oxygens (including phenoxy) is 4. The molecule has 0 saturated heterocycles. The van der Waals surface area contributed by atoms with Crippen molar-refractivity contribution in [1.29, 1.82) is 0 Å². The smallest absolute Gasteiger partial charge is 0.340 e. The molecule has 0 aliphatic carbocycles. The summed E-state index contributed by atoms with van der Waals surface area (Å²) in [7, 11) is 4.16. The third-order valence-electron chi connectivity index (χ3n) is 4.28. The van der Waals surface area contributed by atoms with E-state index in [0.717, 1.165) is 11.1 Å². The Bertz CT molecular complexity index is 905. The SMILES string of the molecule is COC(=O)c1cc(OC)c(OC)cc1NC(=O)[C@H](C)Oc1cc(C)c(Cl)c(C)c1. The van der Waals surface area contributed by atoms with E-state index in [-0.39, 0.29) is 11.3 Å². The van der Waals surface area contributed by atoms with Crippen molar-refractivity contribution in [2.45, 2.75) is 26.9 Å². The van der Waals surface area contributed by atoms with Gasteiger partial charge in [-0.1, -0.05) is 11.6 Å². The molecule has 2 aromatic carbocycles. The lowest BCUT2D eigenvalue weighted by atomic mass is 10.1. The normalized spacial score (nSPS) is 11.4. The molecule has 0 fully saturated rings. The zero-order chi connectivity index (χ0) is 21.7. The van der Waals surface area contributed by atoms with Crippen LogP contribution in [0.25, 0.3) is 0 Å². The number of rotatable bonds is 7. The van der Waals surface area contributed by atoms with E-state index in [1.54, 1.807) is 19.1 Å². The summed E-state index contributed by atoms with van der Waals surface area (Å²) in [6.07, 6.45) is -0.839. The molecule has 0 unspecified atom stereocenters. The van der Waals surface area contributed by atoms with Gasteiger partial charge >= 0.3 is 5.97 Å². The molecule has 0 aromatic heterocycles. The number of aryl methyl sites for hydroxylation is 2. The molecule has 0 bridgehead atoms. The number of carbonyl (C=O) groups excluding carboxylic acids is 2. The maximum Gasteiger partial charge on any atom is 0.340 e. The molecule has 0 aliphatic heterocycles. The van der Waals surface area contributed by atoms with Crippen LogP contribution in [0.3, 0.4) is 0 Å². The lowest BCUT2D eigenvalue weighted by Crippen LogP contribution is -2.31. The van der Waals surface area contributed by atoms with Crippen LogP contribution in [0.5, 0.6) is 17.2 Å². The molecule has 0 aliphatic rings. The molecule has 8 heteroatoms. The number of halogens is 1. The lowest BCUT2D eigenvalue weighted by molar-refractivity contribution is -0.122. The minimum absolute atomic E-state index is 0.129. The van der Waals surface area contributed by atoms with Crippen molar-refractivity contribution in [3.63, 3.8) is 0 Å². The van der Waals surface area contributed by atoms with Crippen molar-refractivity contribution in [1.82, 2.24) is 0 Å². The van der Waals surface area contributed by atoms with Gasteiger partial charge in [-0.3, -0.25) is 4.79 Å². The van der Waals surface area contributed by atoms with Crippen LogP contribution < -0.4 is 19.5 Å². The first-order valence-electron chi connectivity index (χ1n) is 8.80. The van der Waals surface area contributed by atoms with Gasteiger partial charge in [-0.2, -0.15) is 0 Å². The minimum atomic E-state index is -0.839. The molecule has 0 spiro atoms. The van der Waals surface area contributed by atoms with Gasteiger partial charge in [-0.05, 0) is 44.0 Å². The molecule has 0 radical (unpaired) electrons. The Morgan fingerprint density at radius 3 is 2.03 bits per heavy atom. The average Bonchev–Trinajstić information content (AvgIpc) is 2.70. The predicted octanol–water partition coefficient (Wildman–Crippen LogP) is 4.17. The van der Waals surface area contributed by atoms with E-state index in [9.17, 15) is 9.59 Å². The Morgan fingerprint density at radius 2 is 1.52 bits per heavy atom. The number of esters is 1. The van der Waals surface area contributed by atoms with E-state index in [0.29, 0.717) is 22.3 Å². The number of carbonyl (C=O) groups is 2. The molecule has 1 amide bonds. The van der Waals surface area contributed by atoms with Crippen molar-refractivity contribution in [3.05, 3.63) is 46.0 Å². The number of benzene rings is 2. The fourth-order valence-electron chi connectivity index (χ4n) is 2.73. The fourth-order valence-corrected chi connectivity index (χ4v) is 2.84. The third kappa shape index (κ3) is 5.12. The summed E-state index contributed by atoms with van der Waals surface area (Å²) in [6.45, 7) is 5.32. The summed E-state index contributed by atoms with van der Waals surface area (Å²) < 4.78 is 21.0. The summed E-state index contributed by atoms with van der Waals surface area (Å²) in [4.78, 5) is 24.8. The lowest BCUT2D eigenvalue weighted by Gasteiger charge is -2.18. The van der Waals surface area contributed by atoms with Gasteiger partial charge in [0.2, 0.25) is 0 Å². The molecular weight excluding hydrogens is 398 g/mol. The summed E-state index contributed by atoms with van der Waals surface area (Å²) >= 11 is 6.17. The van der Waals surface area contributed by atoms with E-state index >= 15 is 0 Å². The number of hydrogen-bond donors (Lipinski definition) is 1. The van der Waals surface area contributed by atoms with E-state index in [2.05, 4.69) is 5.32 Å². The van der Waals surface area contributed by atoms with Crippen LogP contribution in [-0.4, -0.2) is 39.3 Å². The van der Waals surface area contributed by atoms with Gasteiger partial charge in [-0.25, -0.2) is 4.79 Å². The van der Waals surface area contributed by atoms with E-state index < -0.39 is 18.0 Å². The van der Waals surface area contributed by atoms with Gasteiger partial charge < -0.3 is 24.3 Å². The van der Waals surface area contributed by atoms with Crippen LogP contribution in [0, 0.1) is 13.8 Å². The topological polar surface area (TPSA) is 83.1 Å². The average molecular weight is 422 g/mol. The monoisotopic (exact) mass is 421 g/mol. The highest BCUT2D eigenvalue weighted by Gasteiger charge is 2.22. The number of nitrogens with one attached hydrogen (secondary N) is 1. The molecule has 2 aromatic rings. The van der Waals surface area contributed by atoms with Crippen LogP contribution in [0.4, 0.5) is 5.69 Å². The molecule has 1 atom stereocenters. The molecule has 2 rings (SSSR count). The second kappa shape index (κ2) is 9.52. The molecule has 0 saturated carbocycles. The second-order valence-corrected chi connectivity index (χ2v) is 6.74. The highest BCUT2D eigenvalue weighted by Crippen LogP contribution is 2.34. The van der Waals surface area contributed by atoms with Gasteiger partial charge in [0.1, 0.15) is 5.75 Å². The molecule has 29 heavy (non-hydrogen) atoms. The zero-order valence-electron chi connectivity index (χ0n) is 17.2. The molecular formula is C21H24ClNO6. The summed E-state index contributed by atoms with van der Waals surface area (Å²) in [5.41, 5.74) is 2.05. The maximum atomic E-state index is 12.7. The zero-order valence-corrected chi connectivity index (χ0v) is 18.0. The Labute approximate surface area is 174 Å². The molecule has 156 valence electrons. The minimum Gasteiger partial charge on any atom is -0.493 e. The maximum absolute atomic E-state index is 12.7. The molecule has 0 heterocycles. The predicted molar refractivity (Wildman–Crippen MR) is 111 cm³/mol. The Hall–Kier alpha value is -2.93. The van der Waals surface area contributed by atoms with Gasteiger partial charge in [0, 0.05) is 17.2 Å². The van der Waals surface area contributed by atoms with Gasteiger partial charge in [0.25, 0.3) is 5.91 Å². The molecule has 1 N–H and O–H groups in total. The second-order valence-electron chi connectivity index (χ2n) is 6.36. The summed E-state index contributed by atoms with van der Waals surface area (Å²) in [6, 6.07) is 6.45. The van der Waals surface area contributed by atoms with Crippen molar-refractivity contribution in [2.24, 2.45) is 0 Å². The van der Waals surface area contributed by atoms with Crippen LogP contribution >= 0.6 is 11.6 Å². The summed E-state index contributed by atoms with van der Waals surface area (Å²) in [5, 5.41) is 3.34. The number of hydrogen-bond acceptors (Lipinski definition) is 6. The number of anilines is 1.